The van der Waals surface area contributed by atoms with Crippen LogP contribution in [0, 0.1) is 5.82 Å². The zero-order valence-electron chi connectivity index (χ0n) is 14.9. The van der Waals surface area contributed by atoms with Crippen LogP contribution in [0.15, 0.2) is 65.1 Å². The molecule has 1 aromatic heterocycles. The number of para-hydroxylation sites is 2. The third-order valence-corrected chi connectivity index (χ3v) is 3.94. The fraction of sp³-hybridized carbons (Fsp3) is 0.190. The van der Waals surface area contributed by atoms with Crippen molar-refractivity contribution in [3.8, 4) is 11.5 Å². The number of hydrogen-bond acceptors (Lipinski definition) is 4. The molecule has 1 amide bonds. The van der Waals surface area contributed by atoms with Gasteiger partial charge in [0, 0.05) is 6.54 Å². The number of nitrogens with one attached hydrogen (secondary N) is 1. The van der Waals surface area contributed by atoms with E-state index < -0.39 is 0 Å². The highest BCUT2D eigenvalue weighted by Crippen LogP contribution is 2.26. The summed E-state index contributed by atoms with van der Waals surface area (Å²) in [4.78, 5) is 12.2. The fourth-order valence-electron chi connectivity index (χ4n) is 2.52. The summed E-state index contributed by atoms with van der Waals surface area (Å²) < 4.78 is 29.3. The first-order valence-corrected chi connectivity index (χ1v) is 8.53. The molecule has 0 atom stereocenters. The second kappa shape index (κ2) is 8.89. The Hall–Kier alpha value is -3.28. The van der Waals surface area contributed by atoms with Crippen LogP contribution in [0.1, 0.15) is 21.9 Å². The van der Waals surface area contributed by atoms with Crippen molar-refractivity contribution in [2.75, 3.05) is 13.7 Å². The maximum absolute atomic E-state index is 12.9. The standard InChI is InChI=1S/C21H20FNO4/c1-25-18-4-2-3-5-19(18)26-14-17-10-11-20(27-17)21(24)23-13-12-15-6-8-16(22)9-7-15/h2-11H,12-14H2,1H3,(H,23,24). The molecule has 3 rings (SSSR count). The summed E-state index contributed by atoms with van der Waals surface area (Å²) in [7, 11) is 1.57. The molecule has 0 saturated carbocycles. The molecule has 0 unspecified atom stereocenters. The molecule has 5 nitrogen and oxygen atoms in total. The second-order valence-electron chi connectivity index (χ2n) is 5.84. The summed E-state index contributed by atoms with van der Waals surface area (Å²) in [6.45, 7) is 0.613. The van der Waals surface area contributed by atoms with Crippen molar-refractivity contribution in [1.29, 1.82) is 0 Å². The molecule has 0 fully saturated rings. The van der Waals surface area contributed by atoms with Crippen molar-refractivity contribution < 1.29 is 23.1 Å². The molecule has 27 heavy (non-hydrogen) atoms. The van der Waals surface area contributed by atoms with Crippen LogP contribution < -0.4 is 14.8 Å². The minimum absolute atomic E-state index is 0.184. The fourth-order valence-corrected chi connectivity index (χ4v) is 2.52. The van der Waals surface area contributed by atoms with Gasteiger partial charge in [-0.1, -0.05) is 24.3 Å². The minimum atomic E-state index is -0.305. The molecule has 0 spiro atoms. The molecule has 0 radical (unpaired) electrons. The van der Waals surface area contributed by atoms with E-state index in [2.05, 4.69) is 5.32 Å². The summed E-state index contributed by atoms with van der Waals surface area (Å²) >= 11 is 0. The number of benzene rings is 2. The second-order valence-corrected chi connectivity index (χ2v) is 5.84. The Morgan fingerprint density at radius 2 is 1.78 bits per heavy atom. The number of halogens is 1. The first-order valence-electron chi connectivity index (χ1n) is 8.53. The number of carbonyl (C=O) groups excluding carboxylic acids is 1. The van der Waals surface area contributed by atoms with E-state index in [1.807, 2.05) is 12.1 Å². The van der Waals surface area contributed by atoms with Crippen molar-refractivity contribution in [1.82, 2.24) is 5.32 Å². The molecule has 140 valence electrons. The largest absolute Gasteiger partial charge is 0.493 e. The Kier molecular flexibility index (Phi) is 6.10. The summed E-state index contributed by atoms with van der Waals surface area (Å²) in [6, 6.07) is 16.8. The van der Waals surface area contributed by atoms with E-state index in [-0.39, 0.29) is 24.1 Å². The zero-order valence-corrected chi connectivity index (χ0v) is 14.9. The molecule has 1 heterocycles. The summed E-state index contributed by atoms with van der Waals surface area (Å²) in [5.41, 5.74) is 0.946. The van der Waals surface area contributed by atoms with Crippen LogP contribution in [0.3, 0.4) is 0 Å². The Morgan fingerprint density at radius 1 is 1.04 bits per heavy atom. The highest BCUT2D eigenvalue weighted by Gasteiger charge is 2.12. The van der Waals surface area contributed by atoms with E-state index in [9.17, 15) is 9.18 Å². The van der Waals surface area contributed by atoms with E-state index in [0.717, 1.165) is 5.56 Å². The van der Waals surface area contributed by atoms with E-state index >= 15 is 0 Å². The van der Waals surface area contributed by atoms with E-state index in [0.29, 0.717) is 30.2 Å². The monoisotopic (exact) mass is 369 g/mol. The molecular weight excluding hydrogens is 349 g/mol. The van der Waals surface area contributed by atoms with Crippen molar-refractivity contribution in [3.63, 3.8) is 0 Å². The number of rotatable bonds is 8. The normalized spacial score (nSPS) is 10.4. The van der Waals surface area contributed by atoms with E-state index in [1.54, 1.807) is 43.5 Å². The number of methoxy groups -OCH3 is 1. The molecule has 0 saturated heterocycles. The van der Waals surface area contributed by atoms with Gasteiger partial charge in [-0.3, -0.25) is 4.79 Å². The predicted molar refractivity (Wildman–Crippen MR) is 98.5 cm³/mol. The van der Waals surface area contributed by atoms with Crippen molar-refractivity contribution in [2.24, 2.45) is 0 Å². The summed E-state index contributed by atoms with van der Waals surface area (Å²) in [6.07, 6.45) is 0.608. The van der Waals surface area contributed by atoms with Crippen LogP contribution in [0.25, 0.3) is 0 Å². The SMILES string of the molecule is COc1ccccc1OCc1ccc(C(=O)NCCc2ccc(F)cc2)o1. The molecular formula is C21H20FNO4. The maximum Gasteiger partial charge on any atom is 0.287 e. The lowest BCUT2D eigenvalue weighted by atomic mass is 10.1. The molecule has 0 aliphatic carbocycles. The quantitative estimate of drug-likeness (QED) is 0.652. The first kappa shape index (κ1) is 18.5. The Morgan fingerprint density at radius 3 is 2.52 bits per heavy atom. The van der Waals surface area contributed by atoms with Gasteiger partial charge in [-0.15, -0.1) is 0 Å². The molecule has 1 N–H and O–H groups in total. The number of ether oxygens (including phenoxy) is 2. The van der Waals surface area contributed by atoms with Gasteiger partial charge in [0.25, 0.3) is 5.91 Å². The van der Waals surface area contributed by atoms with Crippen LogP contribution in [0.5, 0.6) is 11.5 Å². The topological polar surface area (TPSA) is 60.7 Å². The van der Waals surface area contributed by atoms with Gasteiger partial charge in [-0.25, -0.2) is 4.39 Å². The van der Waals surface area contributed by atoms with Gasteiger partial charge in [0.15, 0.2) is 17.3 Å². The van der Waals surface area contributed by atoms with Crippen molar-refractivity contribution >= 4 is 5.91 Å². The number of hydrogen-bond donors (Lipinski definition) is 1. The average Bonchev–Trinajstić information content (AvgIpc) is 3.17. The van der Waals surface area contributed by atoms with Gasteiger partial charge in [0.05, 0.1) is 7.11 Å². The lowest BCUT2D eigenvalue weighted by Crippen LogP contribution is -2.25. The number of carbonyl (C=O) groups is 1. The van der Waals surface area contributed by atoms with Crippen LogP contribution in [0.2, 0.25) is 0 Å². The van der Waals surface area contributed by atoms with Gasteiger partial charge in [-0.2, -0.15) is 0 Å². The third-order valence-electron chi connectivity index (χ3n) is 3.94. The Balaban J connectivity index is 1.49. The maximum atomic E-state index is 12.9. The van der Waals surface area contributed by atoms with E-state index in [4.69, 9.17) is 13.9 Å². The Labute approximate surface area is 156 Å². The first-order chi connectivity index (χ1) is 13.2. The molecule has 0 aliphatic heterocycles. The van der Waals surface area contributed by atoms with Crippen molar-refractivity contribution in [2.45, 2.75) is 13.0 Å². The molecule has 6 heteroatoms. The zero-order chi connectivity index (χ0) is 19.1. The average molecular weight is 369 g/mol. The van der Waals surface area contributed by atoms with E-state index in [1.165, 1.54) is 12.1 Å². The Bertz CT molecular complexity index is 889. The molecule has 0 bridgehead atoms. The van der Waals surface area contributed by atoms with Gasteiger partial charge in [0.2, 0.25) is 0 Å². The van der Waals surface area contributed by atoms with Gasteiger partial charge in [0.1, 0.15) is 18.2 Å². The van der Waals surface area contributed by atoms with Crippen LogP contribution in [-0.4, -0.2) is 19.6 Å². The lowest BCUT2D eigenvalue weighted by molar-refractivity contribution is 0.0922. The van der Waals surface area contributed by atoms with Gasteiger partial charge < -0.3 is 19.2 Å². The molecule has 3 aromatic rings. The molecule has 0 aliphatic rings. The molecule has 2 aromatic carbocycles. The highest BCUT2D eigenvalue weighted by molar-refractivity contribution is 5.91. The van der Waals surface area contributed by atoms with Crippen molar-refractivity contribution in [3.05, 3.63) is 83.6 Å². The van der Waals surface area contributed by atoms with Crippen LogP contribution >= 0.6 is 0 Å². The third kappa shape index (κ3) is 5.10. The van der Waals surface area contributed by atoms with Gasteiger partial charge in [-0.05, 0) is 48.4 Å². The van der Waals surface area contributed by atoms with Crippen LogP contribution in [0.4, 0.5) is 4.39 Å². The van der Waals surface area contributed by atoms with Gasteiger partial charge >= 0.3 is 0 Å². The number of furan rings is 1. The summed E-state index contributed by atoms with van der Waals surface area (Å²) in [5, 5.41) is 2.78. The highest BCUT2D eigenvalue weighted by atomic mass is 19.1. The smallest absolute Gasteiger partial charge is 0.287 e. The summed E-state index contributed by atoms with van der Waals surface area (Å²) in [5.74, 6) is 1.39. The predicted octanol–water partition coefficient (Wildman–Crippen LogP) is 3.98. The minimum Gasteiger partial charge on any atom is -0.493 e. The lowest BCUT2D eigenvalue weighted by Gasteiger charge is -2.08. The number of amides is 1. The van der Waals surface area contributed by atoms with Crippen LogP contribution in [-0.2, 0) is 13.0 Å².